The largest absolute Gasteiger partial charge is 0.478 e. The zero-order valence-corrected chi connectivity index (χ0v) is 9.54. The third-order valence-electron chi connectivity index (χ3n) is 2.48. The van der Waals surface area contributed by atoms with E-state index < -0.39 is 5.97 Å². The average Bonchev–Trinajstić information content (AvgIpc) is 2.43. The normalized spacial score (nSPS) is 14.3. The number of carbonyl (C=O) groups is 2. The van der Waals surface area contributed by atoms with Crippen LogP contribution >= 0.6 is 15.9 Å². The van der Waals surface area contributed by atoms with Crippen molar-refractivity contribution in [3.63, 3.8) is 0 Å². The van der Waals surface area contributed by atoms with Gasteiger partial charge in [0.1, 0.15) is 0 Å². The summed E-state index contributed by atoms with van der Waals surface area (Å²) in [5.41, 5.74) is 1.73. The Bertz CT molecular complexity index is 470. The fraction of sp³-hybridized carbons (Fsp3) is 0.200. The molecule has 1 aliphatic rings. The lowest BCUT2D eigenvalue weighted by atomic mass is 10.1. The Hall–Kier alpha value is -1.36. The van der Waals surface area contributed by atoms with E-state index in [2.05, 4.69) is 15.9 Å². The Morgan fingerprint density at radius 3 is 2.80 bits per heavy atom. The zero-order chi connectivity index (χ0) is 11.2. The van der Waals surface area contributed by atoms with Crippen LogP contribution in [0.2, 0.25) is 0 Å². The number of amides is 1. The van der Waals surface area contributed by atoms with Crippen LogP contribution < -0.4 is 4.90 Å². The fourth-order valence-electron chi connectivity index (χ4n) is 1.64. The van der Waals surface area contributed by atoms with Gasteiger partial charge in [-0.15, -0.1) is 0 Å². The maximum atomic E-state index is 11.4. The van der Waals surface area contributed by atoms with E-state index in [9.17, 15) is 9.59 Å². The number of carbonyl (C=O) groups excluding carboxylic acids is 1. The van der Waals surface area contributed by atoms with Crippen molar-refractivity contribution in [2.75, 3.05) is 11.9 Å². The second kappa shape index (κ2) is 3.34. The number of anilines is 1. The lowest BCUT2D eigenvalue weighted by Crippen LogP contribution is -2.20. The van der Waals surface area contributed by atoms with Crippen molar-refractivity contribution in [3.8, 4) is 0 Å². The van der Waals surface area contributed by atoms with Gasteiger partial charge in [0, 0.05) is 17.2 Å². The van der Waals surface area contributed by atoms with Crippen LogP contribution in [0.1, 0.15) is 15.9 Å². The monoisotopic (exact) mass is 269 g/mol. The molecule has 1 aliphatic heterocycles. The van der Waals surface area contributed by atoms with Crippen molar-refractivity contribution in [1.29, 1.82) is 0 Å². The Kier molecular flexibility index (Phi) is 2.26. The minimum Gasteiger partial charge on any atom is -0.478 e. The zero-order valence-electron chi connectivity index (χ0n) is 7.95. The number of carboxylic acids is 1. The van der Waals surface area contributed by atoms with E-state index >= 15 is 0 Å². The molecule has 0 bridgehead atoms. The molecule has 1 amide bonds. The number of fused-ring (bicyclic) bond motifs is 1. The smallest absolute Gasteiger partial charge is 0.336 e. The summed E-state index contributed by atoms with van der Waals surface area (Å²) in [7, 11) is 1.68. The van der Waals surface area contributed by atoms with Crippen molar-refractivity contribution < 1.29 is 14.7 Å². The maximum absolute atomic E-state index is 11.4. The third kappa shape index (κ3) is 1.52. The topological polar surface area (TPSA) is 57.6 Å². The number of halogens is 1. The van der Waals surface area contributed by atoms with Crippen LogP contribution in [-0.2, 0) is 11.2 Å². The molecule has 0 radical (unpaired) electrons. The quantitative estimate of drug-likeness (QED) is 0.844. The Morgan fingerprint density at radius 1 is 1.53 bits per heavy atom. The molecule has 2 rings (SSSR count). The highest BCUT2D eigenvalue weighted by Crippen LogP contribution is 2.33. The van der Waals surface area contributed by atoms with Gasteiger partial charge in [-0.1, -0.05) is 0 Å². The van der Waals surface area contributed by atoms with Gasteiger partial charge in [0.25, 0.3) is 0 Å². The molecule has 5 heteroatoms. The van der Waals surface area contributed by atoms with Crippen molar-refractivity contribution >= 4 is 33.5 Å². The van der Waals surface area contributed by atoms with E-state index in [0.717, 1.165) is 11.3 Å². The van der Waals surface area contributed by atoms with Crippen LogP contribution in [0.4, 0.5) is 5.69 Å². The molecule has 1 heterocycles. The summed E-state index contributed by atoms with van der Waals surface area (Å²) < 4.78 is 0.496. The summed E-state index contributed by atoms with van der Waals surface area (Å²) in [6.07, 6.45) is 0.277. The molecule has 1 aromatic rings. The summed E-state index contributed by atoms with van der Waals surface area (Å²) >= 11 is 3.18. The molecule has 0 unspecified atom stereocenters. The van der Waals surface area contributed by atoms with Crippen LogP contribution in [0.15, 0.2) is 16.6 Å². The van der Waals surface area contributed by atoms with Crippen molar-refractivity contribution in [2.45, 2.75) is 6.42 Å². The van der Waals surface area contributed by atoms with Crippen molar-refractivity contribution in [3.05, 3.63) is 27.7 Å². The first-order valence-electron chi connectivity index (χ1n) is 4.33. The highest BCUT2D eigenvalue weighted by Gasteiger charge is 2.26. The van der Waals surface area contributed by atoms with Gasteiger partial charge in [-0.05, 0) is 33.6 Å². The fourth-order valence-corrected chi connectivity index (χ4v) is 2.14. The Balaban J connectivity index is 2.59. The predicted octanol–water partition coefficient (Wildman–Crippen LogP) is 1.67. The van der Waals surface area contributed by atoms with Gasteiger partial charge in [0.05, 0.1) is 12.0 Å². The van der Waals surface area contributed by atoms with Crippen LogP contribution in [0, 0.1) is 0 Å². The van der Waals surface area contributed by atoms with E-state index in [4.69, 9.17) is 5.11 Å². The molecule has 15 heavy (non-hydrogen) atoms. The van der Waals surface area contributed by atoms with E-state index in [0.29, 0.717) is 4.47 Å². The molecular formula is C10H8BrNO3. The first-order valence-corrected chi connectivity index (χ1v) is 5.12. The van der Waals surface area contributed by atoms with Crippen molar-refractivity contribution in [2.24, 2.45) is 0 Å². The van der Waals surface area contributed by atoms with E-state index in [1.54, 1.807) is 19.2 Å². The van der Waals surface area contributed by atoms with Gasteiger partial charge in [-0.2, -0.15) is 0 Å². The third-order valence-corrected chi connectivity index (χ3v) is 3.13. The molecule has 78 valence electrons. The summed E-state index contributed by atoms with van der Waals surface area (Å²) in [6, 6.07) is 3.22. The van der Waals surface area contributed by atoms with Crippen LogP contribution in [0.25, 0.3) is 0 Å². The first kappa shape index (κ1) is 10.2. The highest BCUT2D eigenvalue weighted by atomic mass is 79.9. The molecule has 4 nitrogen and oxygen atoms in total. The van der Waals surface area contributed by atoms with E-state index in [1.165, 1.54) is 4.90 Å². The SMILES string of the molecule is CN1C(=O)Cc2cc(C(=O)O)c(Br)cc21. The predicted molar refractivity (Wildman–Crippen MR) is 58.2 cm³/mol. The molecule has 0 atom stereocenters. The number of likely N-dealkylation sites (N-methyl/N-ethyl adjacent to an activating group) is 1. The number of hydrogen-bond donors (Lipinski definition) is 1. The molecule has 0 saturated carbocycles. The van der Waals surface area contributed by atoms with Crippen LogP contribution in [-0.4, -0.2) is 24.0 Å². The molecule has 1 N–H and O–H groups in total. The van der Waals surface area contributed by atoms with Gasteiger partial charge in [-0.3, -0.25) is 4.79 Å². The van der Waals surface area contributed by atoms with E-state index in [-0.39, 0.29) is 17.9 Å². The molecule has 0 aromatic heterocycles. The van der Waals surface area contributed by atoms with Gasteiger partial charge in [-0.25, -0.2) is 4.79 Å². The van der Waals surface area contributed by atoms with Gasteiger partial charge < -0.3 is 10.0 Å². The van der Waals surface area contributed by atoms with Crippen molar-refractivity contribution in [1.82, 2.24) is 0 Å². The van der Waals surface area contributed by atoms with Gasteiger partial charge in [0.15, 0.2) is 0 Å². The van der Waals surface area contributed by atoms with Crippen LogP contribution in [0.3, 0.4) is 0 Å². The first-order chi connectivity index (χ1) is 7.00. The maximum Gasteiger partial charge on any atom is 0.336 e. The van der Waals surface area contributed by atoms with Gasteiger partial charge >= 0.3 is 5.97 Å². The highest BCUT2D eigenvalue weighted by molar-refractivity contribution is 9.10. The summed E-state index contributed by atoms with van der Waals surface area (Å²) in [5, 5.41) is 8.90. The summed E-state index contributed by atoms with van der Waals surface area (Å²) in [4.78, 5) is 23.8. The number of hydrogen-bond acceptors (Lipinski definition) is 2. The number of carboxylic acid groups (broad SMARTS) is 1. The Labute approximate surface area is 94.6 Å². The number of aromatic carboxylic acids is 1. The number of nitrogens with zero attached hydrogens (tertiary/aromatic N) is 1. The standard InChI is InChI=1S/C10H8BrNO3/c1-12-8-4-7(11)6(10(14)15)2-5(8)3-9(12)13/h2,4H,3H2,1H3,(H,14,15). The molecule has 0 aliphatic carbocycles. The van der Waals surface area contributed by atoms with Gasteiger partial charge in [0.2, 0.25) is 5.91 Å². The summed E-state index contributed by atoms with van der Waals surface area (Å²) in [5.74, 6) is -1.01. The molecule has 1 aromatic carbocycles. The number of benzene rings is 1. The van der Waals surface area contributed by atoms with E-state index in [1.807, 2.05) is 0 Å². The minimum atomic E-state index is -0.994. The second-order valence-electron chi connectivity index (χ2n) is 3.40. The molecule has 0 spiro atoms. The summed E-state index contributed by atoms with van der Waals surface area (Å²) in [6.45, 7) is 0. The Morgan fingerprint density at radius 2 is 2.20 bits per heavy atom. The second-order valence-corrected chi connectivity index (χ2v) is 4.25. The number of rotatable bonds is 1. The minimum absolute atomic E-state index is 0.0144. The average molecular weight is 270 g/mol. The lowest BCUT2D eigenvalue weighted by molar-refractivity contribution is -0.117. The van der Waals surface area contributed by atoms with Crippen LogP contribution in [0.5, 0.6) is 0 Å². The molecular weight excluding hydrogens is 262 g/mol. The lowest BCUT2D eigenvalue weighted by Gasteiger charge is -2.10. The molecule has 0 saturated heterocycles. The molecule has 0 fully saturated rings.